The van der Waals surface area contributed by atoms with Gasteiger partial charge < -0.3 is 0 Å². The van der Waals surface area contributed by atoms with E-state index in [1.165, 1.54) is 0 Å². The van der Waals surface area contributed by atoms with Crippen LogP contribution in [0.2, 0.25) is 0 Å². The van der Waals surface area contributed by atoms with Crippen LogP contribution in [0, 0.1) is 11.3 Å². The van der Waals surface area contributed by atoms with Crippen molar-refractivity contribution in [3.63, 3.8) is 0 Å². The Labute approximate surface area is 92.6 Å². The number of pyridine rings is 1. The van der Waals surface area contributed by atoms with Gasteiger partial charge in [0.2, 0.25) is 0 Å². The third-order valence-electron chi connectivity index (χ3n) is 1.57. The van der Waals surface area contributed by atoms with Gasteiger partial charge in [-0.3, -0.25) is 0 Å². The molecule has 0 aliphatic carbocycles. The van der Waals surface area contributed by atoms with Crippen LogP contribution >= 0.6 is 27.5 Å². The van der Waals surface area contributed by atoms with E-state index in [-0.39, 0.29) is 27.3 Å². The molecule has 0 N–H and O–H groups in total. The molecule has 0 spiro atoms. The predicted octanol–water partition coefficient (Wildman–Crippen LogP) is 3.39. The average Bonchev–Trinajstić information content (AvgIpc) is 2.16. The zero-order chi connectivity index (χ0) is 10.7. The average molecular weight is 281 g/mol. The number of hydrogen-bond acceptors (Lipinski definition) is 2. The number of halogens is 4. The molecule has 0 radical (unpaired) electrons. The number of alkyl halides is 3. The Morgan fingerprint density at radius 3 is 2.71 bits per heavy atom. The summed E-state index contributed by atoms with van der Waals surface area (Å²) in [7, 11) is 0. The van der Waals surface area contributed by atoms with Crippen LogP contribution in [0.5, 0.6) is 0 Å². The summed E-state index contributed by atoms with van der Waals surface area (Å²) in [6.07, 6.45) is -2.70. The molecule has 0 bridgehead atoms. The van der Waals surface area contributed by atoms with Crippen molar-refractivity contribution >= 4 is 27.5 Å². The molecule has 0 fully saturated rings. The number of rotatable bonds is 2. The second kappa shape index (κ2) is 4.67. The van der Waals surface area contributed by atoms with Crippen molar-refractivity contribution in [1.29, 1.82) is 5.26 Å². The standard InChI is InChI=1S/C8H4BrClF2N2/c9-7-1-4(8(11)12)5(3-13)6(2-10)14-7/h1,8H,2H2. The highest BCUT2D eigenvalue weighted by atomic mass is 79.9. The largest absolute Gasteiger partial charge is 0.265 e. The first-order valence-electron chi connectivity index (χ1n) is 3.53. The molecule has 0 aliphatic rings. The first-order valence-corrected chi connectivity index (χ1v) is 4.86. The Balaban J connectivity index is 3.41. The molecular formula is C8H4BrClF2N2. The minimum absolute atomic E-state index is 0.0674. The smallest absolute Gasteiger partial charge is 0.243 e. The van der Waals surface area contributed by atoms with Gasteiger partial charge in [-0.15, -0.1) is 11.6 Å². The van der Waals surface area contributed by atoms with Crippen molar-refractivity contribution in [3.05, 3.63) is 27.5 Å². The lowest BCUT2D eigenvalue weighted by Gasteiger charge is -2.06. The van der Waals surface area contributed by atoms with E-state index in [0.717, 1.165) is 6.07 Å². The summed E-state index contributed by atoms with van der Waals surface area (Å²) in [6.45, 7) is 0. The lowest BCUT2D eigenvalue weighted by molar-refractivity contribution is 0.150. The minimum atomic E-state index is -2.70. The molecule has 6 heteroatoms. The van der Waals surface area contributed by atoms with Gasteiger partial charge in [0.25, 0.3) is 6.43 Å². The maximum atomic E-state index is 12.5. The first kappa shape index (κ1) is 11.3. The fraction of sp³-hybridized carbons (Fsp3) is 0.250. The van der Waals surface area contributed by atoms with Crippen LogP contribution in [0.3, 0.4) is 0 Å². The Kier molecular flexibility index (Phi) is 3.78. The lowest BCUT2D eigenvalue weighted by Crippen LogP contribution is -1.99. The highest BCUT2D eigenvalue weighted by Gasteiger charge is 2.18. The highest BCUT2D eigenvalue weighted by Crippen LogP contribution is 2.27. The maximum absolute atomic E-state index is 12.5. The predicted molar refractivity (Wildman–Crippen MR) is 51.2 cm³/mol. The number of hydrogen-bond donors (Lipinski definition) is 0. The number of nitrogens with zero attached hydrogens (tertiary/aromatic N) is 2. The van der Waals surface area contributed by atoms with Crippen molar-refractivity contribution in [2.75, 3.05) is 0 Å². The van der Waals surface area contributed by atoms with Gasteiger partial charge in [-0.05, 0) is 22.0 Å². The number of aromatic nitrogens is 1. The van der Waals surface area contributed by atoms with E-state index in [0.29, 0.717) is 0 Å². The van der Waals surface area contributed by atoms with E-state index in [1.807, 2.05) is 0 Å². The van der Waals surface area contributed by atoms with E-state index in [1.54, 1.807) is 6.07 Å². The summed E-state index contributed by atoms with van der Waals surface area (Å²) in [4.78, 5) is 3.83. The first-order chi connectivity index (χ1) is 6.60. The topological polar surface area (TPSA) is 36.7 Å². The normalized spacial score (nSPS) is 10.3. The minimum Gasteiger partial charge on any atom is -0.243 e. The van der Waals surface area contributed by atoms with E-state index < -0.39 is 6.43 Å². The van der Waals surface area contributed by atoms with Gasteiger partial charge in [0.1, 0.15) is 10.7 Å². The Morgan fingerprint density at radius 1 is 1.64 bits per heavy atom. The molecule has 74 valence electrons. The summed E-state index contributed by atoms with van der Waals surface area (Å²) in [5, 5.41) is 8.67. The van der Waals surface area contributed by atoms with Gasteiger partial charge in [-0.1, -0.05) is 0 Å². The fourth-order valence-corrected chi connectivity index (χ4v) is 1.64. The van der Waals surface area contributed by atoms with Crippen LogP contribution in [0.4, 0.5) is 8.78 Å². The summed E-state index contributed by atoms with van der Waals surface area (Å²) in [5.41, 5.74) is -0.318. The second-order valence-electron chi connectivity index (χ2n) is 2.40. The Morgan fingerprint density at radius 2 is 2.29 bits per heavy atom. The molecule has 14 heavy (non-hydrogen) atoms. The van der Waals surface area contributed by atoms with Crippen molar-refractivity contribution in [2.45, 2.75) is 12.3 Å². The van der Waals surface area contributed by atoms with Crippen molar-refractivity contribution in [2.24, 2.45) is 0 Å². The second-order valence-corrected chi connectivity index (χ2v) is 3.48. The third-order valence-corrected chi connectivity index (χ3v) is 2.23. The van der Waals surface area contributed by atoms with Gasteiger partial charge in [0.15, 0.2) is 0 Å². The fourth-order valence-electron chi connectivity index (χ4n) is 0.982. The van der Waals surface area contributed by atoms with Crippen LogP contribution in [-0.4, -0.2) is 4.98 Å². The van der Waals surface area contributed by atoms with Crippen molar-refractivity contribution in [1.82, 2.24) is 4.98 Å². The van der Waals surface area contributed by atoms with Crippen LogP contribution in [0.25, 0.3) is 0 Å². The van der Waals surface area contributed by atoms with Crippen molar-refractivity contribution in [3.8, 4) is 6.07 Å². The van der Waals surface area contributed by atoms with Gasteiger partial charge >= 0.3 is 0 Å². The summed E-state index contributed by atoms with van der Waals surface area (Å²) >= 11 is 8.45. The molecule has 1 aromatic heterocycles. The van der Waals surface area contributed by atoms with E-state index in [2.05, 4.69) is 20.9 Å². The van der Waals surface area contributed by atoms with E-state index in [4.69, 9.17) is 16.9 Å². The molecule has 2 nitrogen and oxygen atoms in total. The molecule has 1 rings (SSSR count). The molecular weight excluding hydrogens is 277 g/mol. The molecule has 1 aromatic rings. The maximum Gasteiger partial charge on any atom is 0.265 e. The molecule has 0 aromatic carbocycles. The summed E-state index contributed by atoms with van der Waals surface area (Å²) in [5.74, 6) is -0.0674. The Hall–Kier alpha value is -0.730. The van der Waals surface area contributed by atoms with Crippen LogP contribution < -0.4 is 0 Å². The summed E-state index contributed by atoms with van der Waals surface area (Å²) < 4.78 is 25.2. The molecule has 0 saturated carbocycles. The van der Waals surface area contributed by atoms with Gasteiger partial charge in [-0.2, -0.15) is 5.26 Å². The van der Waals surface area contributed by atoms with Crippen LogP contribution in [0.15, 0.2) is 10.7 Å². The van der Waals surface area contributed by atoms with Crippen molar-refractivity contribution < 1.29 is 8.78 Å². The van der Waals surface area contributed by atoms with E-state index >= 15 is 0 Å². The molecule has 1 heterocycles. The molecule has 0 atom stereocenters. The van der Waals surface area contributed by atoms with Gasteiger partial charge in [0.05, 0.1) is 17.1 Å². The van der Waals surface area contributed by atoms with Crippen LogP contribution in [0.1, 0.15) is 23.2 Å². The van der Waals surface area contributed by atoms with Gasteiger partial charge in [-0.25, -0.2) is 13.8 Å². The summed E-state index contributed by atoms with van der Waals surface area (Å²) in [6, 6.07) is 2.80. The zero-order valence-corrected chi connectivity index (χ0v) is 9.11. The lowest BCUT2D eigenvalue weighted by atomic mass is 10.1. The monoisotopic (exact) mass is 280 g/mol. The third kappa shape index (κ3) is 2.20. The number of nitriles is 1. The SMILES string of the molecule is N#Cc1c(C(F)F)cc(Br)nc1CCl. The quantitative estimate of drug-likeness (QED) is 0.615. The zero-order valence-electron chi connectivity index (χ0n) is 6.77. The molecule has 0 saturated heterocycles. The van der Waals surface area contributed by atoms with Crippen LogP contribution in [-0.2, 0) is 5.88 Å². The molecule has 0 aliphatic heterocycles. The molecule has 0 amide bonds. The van der Waals surface area contributed by atoms with Gasteiger partial charge in [0, 0.05) is 5.56 Å². The highest BCUT2D eigenvalue weighted by molar-refractivity contribution is 9.10. The Bertz CT molecular complexity index is 390. The van der Waals surface area contributed by atoms with E-state index in [9.17, 15) is 8.78 Å². The molecule has 0 unspecified atom stereocenters.